The molecule has 0 fully saturated rings. The second kappa shape index (κ2) is 5.13. The van der Waals surface area contributed by atoms with Crippen LogP contribution in [0.2, 0.25) is 0 Å². The zero-order chi connectivity index (χ0) is 8.85. The maximum absolute atomic E-state index is 6.92. The van der Waals surface area contributed by atoms with Gasteiger partial charge in [0.2, 0.25) is 0 Å². The first-order valence-corrected chi connectivity index (χ1v) is 3.97. The fourth-order valence-corrected chi connectivity index (χ4v) is 0.964. The summed E-state index contributed by atoms with van der Waals surface area (Å²) >= 11 is 0. The molecule has 0 heterocycles. The number of amidine groups is 1. The summed E-state index contributed by atoms with van der Waals surface area (Å²) < 4.78 is 5.26. The molecule has 1 unspecified atom stereocenters. The fourth-order valence-electron chi connectivity index (χ4n) is 0.964. The van der Waals surface area contributed by atoms with Gasteiger partial charge in [-0.1, -0.05) is 13.8 Å². The van der Waals surface area contributed by atoms with Gasteiger partial charge in [-0.15, -0.1) is 0 Å². The normalized spacial score (nSPS) is 13.5. The third-order valence-electron chi connectivity index (χ3n) is 1.33. The van der Waals surface area contributed by atoms with Crippen molar-refractivity contribution in [3.63, 3.8) is 0 Å². The molecule has 0 rings (SSSR count). The smallest absolute Gasteiger partial charge is 0.117 e. The van der Waals surface area contributed by atoms with Crippen molar-refractivity contribution in [3.8, 4) is 0 Å². The van der Waals surface area contributed by atoms with Crippen molar-refractivity contribution < 1.29 is 4.74 Å². The molecule has 0 aromatic rings. The van der Waals surface area contributed by atoms with Crippen LogP contribution in [0.15, 0.2) is 0 Å². The monoisotopic (exact) mass is 158 g/mol. The van der Waals surface area contributed by atoms with Gasteiger partial charge in [-0.25, -0.2) is 0 Å². The number of hydrogen-bond acceptors (Lipinski definition) is 2. The zero-order valence-corrected chi connectivity index (χ0v) is 7.55. The Balaban J connectivity index is 3.37. The average Bonchev–Trinajstić information content (AvgIpc) is 1.82. The van der Waals surface area contributed by atoms with Crippen LogP contribution in [0.1, 0.15) is 27.2 Å². The number of rotatable bonds is 5. The Hall–Kier alpha value is -0.570. The molecule has 0 aliphatic carbocycles. The Bertz CT molecular complexity index is 123. The number of hydrogen-bond donors (Lipinski definition) is 2. The number of nitrogens with two attached hydrogens (primary N) is 1. The first-order valence-electron chi connectivity index (χ1n) is 3.97. The minimum Gasteiger partial charge on any atom is -0.386 e. The lowest BCUT2D eigenvalue weighted by Gasteiger charge is -2.14. The predicted molar refractivity (Wildman–Crippen MR) is 46.8 cm³/mol. The van der Waals surface area contributed by atoms with Gasteiger partial charge in [0.05, 0.1) is 6.10 Å². The third kappa shape index (κ3) is 7.33. The van der Waals surface area contributed by atoms with E-state index in [1.165, 1.54) is 0 Å². The fraction of sp³-hybridized carbons (Fsp3) is 0.875. The summed E-state index contributed by atoms with van der Waals surface area (Å²) in [6.07, 6.45) is 1.23. The summed E-state index contributed by atoms with van der Waals surface area (Å²) in [5, 5.41) is 6.92. The maximum Gasteiger partial charge on any atom is 0.117 e. The highest BCUT2D eigenvalue weighted by Crippen LogP contribution is 2.06. The molecule has 3 N–H and O–H groups in total. The molecule has 0 aromatic carbocycles. The lowest BCUT2D eigenvalue weighted by molar-refractivity contribution is 0.0788. The van der Waals surface area contributed by atoms with Gasteiger partial charge < -0.3 is 10.5 Å². The maximum atomic E-state index is 6.92. The standard InChI is InChI=1S/C8H18N2O/c1-6(2)4-7(3)11-5-8(9)10/h6-7H,4-5H2,1-3H3,(H3,9,10). The highest BCUT2D eigenvalue weighted by atomic mass is 16.5. The van der Waals surface area contributed by atoms with Crippen molar-refractivity contribution >= 4 is 5.84 Å². The van der Waals surface area contributed by atoms with Crippen molar-refractivity contribution in [1.82, 2.24) is 0 Å². The molecule has 0 amide bonds. The molecule has 0 radical (unpaired) electrons. The van der Waals surface area contributed by atoms with Crippen LogP contribution in [0.3, 0.4) is 0 Å². The van der Waals surface area contributed by atoms with Crippen molar-refractivity contribution in [2.24, 2.45) is 11.7 Å². The summed E-state index contributed by atoms with van der Waals surface area (Å²) in [4.78, 5) is 0. The van der Waals surface area contributed by atoms with Crippen LogP contribution in [0.25, 0.3) is 0 Å². The second-order valence-electron chi connectivity index (χ2n) is 3.28. The molecule has 66 valence electrons. The summed E-state index contributed by atoms with van der Waals surface area (Å²) in [7, 11) is 0. The van der Waals surface area contributed by atoms with Gasteiger partial charge in [0, 0.05) is 0 Å². The molecular weight excluding hydrogens is 140 g/mol. The molecular formula is C8H18N2O. The number of ether oxygens (including phenoxy) is 1. The van der Waals surface area contributed by atoms with Crippen LogP contribution in [0.5, 0.6) is 0 Å². The summed E-state index contributed by atoms with van der Waals surface area (Å²) in [6.45, 7) is 6.55. The Kier molecular flexibility index (Phi) is 4.86. The molecule has 0 aliphatic heterocycles. The Morgan fingerprint density at radius 1 is 1.45 bits per heavy atom. The lowest BCUT2D eigenvalue weighted by Crippen LogP contribution is -2.22. The predicted octanol–water partition coefficient (Wildman–Crippen LogP) is 1.37. The summed E-state index contributed by atoms with van der Waals surface area (Å²) in [6, 6.07) is 0. The van der Waals surface area contributed by atoms with E-state index in [4.69, 9.17) is 15.9 Å². The summed E-state index contributed by atoms with van der Waals surface area (Å²) in [5.41, 5.74) is 5.13. The van der Waals surface area contributed by atoms with E-state index in [-0.39, 0.29) is 18.5 Å². The zero-order valence-electron chi connectivity index (χ0n) is 7.55. The third-order valence-corrected chi connectivity index (χ3v) is 1.33. The minimum atomic E-state index is 0.0978. The van der Waals surface area contributed by atoms with Gasteiger partial charge in [0.1, 0.15) is 12.4 Å². The molecule has 3 heteroatoms. The highest BCUT2D eigenvalue weighted by Gasteiger charge is 2.04. The van der Waals surface area contributed by atoms with E-state index in [0.29, 0.717) is 5.92 Å². The van der Waals surface area contributed by atoms with Gasteiger partial charge >= 0.3 is 0 Å². The van der Waals surface area contributed by atoms with Crippen molar-refractivity contribution in [1.29, 1.82) is 5.41 Å². The van der Waals surface area contributed by atoms with E-state index in [1.807, 2.05) is 6.92 Å². The summed E-state index contributed by atoms with van der Waals surface area (Å²) in [5.74, 6) is 0.734. The van der Waals surface area contributed by atoms with Crippen molar-refractivity contribution in [2.75, 3.05) is 6.61 Å². The molecule has 1 atom stereocenters. The van der Waals surface area contributed by atoms with Crippen molar-refractivity contribution in [3.05, 3.63) is 0 Å². The highest BCUT2D eigenvalue weighted by molar-refractivity contribution is 5.78. The van der Waals surface area contributed by atoms with Crippen LogP contribution in [-0.2, 0) is 4.74 Å². The minimum absolute atomic E-state index is 0.0978. The quantitative estimate of drug-likeness (QED) is 0.469. The SMILES string of the molecule is CC(C)CC(C)OCC(=N)N. The Labute approximate surface area is 68.4 Å². The molecule has 3 nitrogen and oxygen atoms in total. The van der Waals surface area contributed by atoms with Gasteiger partial charge in [-0.3, -0.25) is 5.41 Å². The topological polar surface area (TPSA) is 59.1 Å². The largest absolute Gasteiger partial charge is 0.386 e. The Morgan fingerprint density at radius 2 is 2.00 bits per heavy atom. The van der Waals surface area contributed by atoms with E-state index in [0.717, 1.165) is 6.42 Å². The van der Waals surface area contributed by atoms with E-state index in [2.05, 4.69) is 13.8 Å². The van der Waals surface area contributed by atoms with E-state index < -0.39 is 0 Å². The molecule has 0 saturated heterocycles. The molecule has 11 heavy (non-hydrogen) atoms. The molecule has 0 saturated carbocycles. The van der Waals surface area contributed by atoms with Crippen LogP contribution in [0.4, 0.5) is 0 Å². The molecule has 0 bridgehead atoms. The first kappa shape index (κ1) is 10.4. The molecule has 0 aliphatic rings. The lowest BCUT2D eigenvalue weighted by atomic mass is 10.1. The first-order chi connectivity index (χ1) is 5.02. The number of nitrogens with one attached hydrogen (secondary N) is 1. The Morgan fingerprint density at radius 3 is 2.36 bits per heavy atom. The van der Waals surface area contributed by atoms with Crippen molar-refractivity contribution in [2.45, 2.75) is 33.3 Å². The van der Waals surface area contributed by atoms with E-state index in [9.17, 15) is 0 Å². The van der Waals surface area contributed by atoms with E-state index in [1.54, 1.807) is 0 Å². The second-order valence-corrected chi connectivity index (χ2v) is 3.28. The average molecular weight is 158 g/mol. The van der Waals surface area contributed by atoms with Crippen LogP contribution in [-0.4, -0.2) is 18.5 Å². The van der Waals surface area contributed by atoms with Gasteiger partial charge in [0.15, 0.2) is 0 Å². The molecule has 0 spiro atoms. The van der Waals surface area contributed by atoms with E-state index >= 15 is 0 Å². The molecule has 0 aromatic heterocycles. The van der Waals surface area contributed by atoms with Gasteiger partial charge in [0.25, 0.3) is 0 Å². The van der Waals surface area contributed by atoms with Crippen LogP contribution >= 0.6 is 0 Å². The van der Waals surface area contributed by atoms with Crippen LogP contribution < -0.4 is 5.73 Å². The van der Waals surface area contributed by atoms with Gasteiger partial charge in [-0.05, 0) is 19.3 Å². The van der Waals surface area contributed by atoms with Crippen LogP contribution in [0, 0.1) is 11.3 Å². The van der Waals surface area contributed by atoms with Gasteiger partial charge in [-0.2, -0.15) is 0 Å².